The van der Waals surface area contributed by atoms with E-state index in [1.165, 1.54) is 12.1 Å². The molecule has 124 valence electrons. The van der Waals surface area contributed by atoms with Gasteiger partial charge in [-0.3, -0.25) is 9.89 Å². The minimum Gasteiger partial charge on any atom is -0.487 e. The summed E-state index contributed by atoms with van der Waals surface area (Å²) in [5, 5.41) is 9.47. The molecule has 3 N–H and O–H groups in total. The predicted molar refractivity (Wildman–Crippen MR) is 83.8 cm³/mol. The van der Waals surface area contributed by atoms with Gasteiger partial charge in [0.15, 0.2) is 0 Å². The van der Waals surface area contributed by atoms with Gasteiger partial charge in [0.25, 0.3) is 5.91 Å². The van der Waals surface area contributed by atoms with Gasteiger partial charge in [-0.25, -0.2) is 9.37 Å². The quantitative estimate of drug-likeness (QED) is 0.647. The second-order valence-electron chi connectivity index (χ2n) is 5.19. The Morgan fingerprint density at radius 1 is 1.42 bits per heavy atom. The summed E-state index contributed by atoms with van der Waals surface area (Å²) < 4.78 is 18.5. The van der Waals surface area contributed by atoms with Gasteiger partial charge in [-0.15, -0.1) is 0 Å². The fourth-order valence-electron chi connectivity index (χ4n) is 2.12. The minimum absolute atomic E-state index is 0.150. The van der Waals surface area contributed by atoms with Gasteiger partial charge in [-0.1, -0.05) is 6.07 Å². The maximum Gasteiger partial charge on any atom is 0.272 e. The summed E-state index contributed by atoms with van der Waals surface area (Å²) in [7, 11) is 0. The number of hydrogen-bond acceptors (Lipinski definition) is 4. The summed E-state index contributed by atoms with van der Waals surface area (Å²) in [6.07, 6.45) is 3.31. The van der Waals surface area contributed by atoms with Crippen LogP contribution in [0.25, 0.3) is 0 Å². The van der Waals surface area contributed by atoms with E-state index in [1.807, 2.05) is 6.92 Å². The van der Waals surface area contributed by atoms with Crippen molar-refractivity contribution in [3.05, 3.63) is 65.8 Å². The van der Waals surface area contributed by atoms with Crippen molar-refractivity contribution in [3.63, 3.8) is 0 Å². The van der Waals surface area contributed by atoms with E-state index < -0.39 is 0 Å². The standard InChI is InChI=1S/C16H16FN5O2/c1-10(15-18-5-6-19-15)20-16(23)14-8-12(21-22-14)9-24-13-4-2-3-11(17)7-13/h2-8,10H,9H2,1H3,(H,18,19)(H,20,23)(H,21,22)/t10-/m0/s1. The topological polar surface area (TPSA) is 95.7 Å². The monoisotopic (exact) mass is 329 g/mol. The Hall–Kier alpha value is -3.16. The predicted octanol–water partition coefficient (Wildman–Crippen LogP) is 2.34. The minimum atomic E-state index is -0.371. The third-order valence-corrected chi connectivity index (χ3v) is 3.33. The number of carbonyl (C=O) groups is 1. The molecule has 24 heavy (non-hydrogen) atoms. The lowest BCUT2D eigenvalue weighted by atomic mass is 10.3. The first-order valence-corrected chi connectivity index (χ1v) is 7.34. The SMILES string of the molecule is C[C@H](NC(=O)c1cc(COc2cccc(F)c2)[nH]n1)c1ncc[nH]1. The molecule has 0 fully saturated rings. The van der Waals surface area contributed by atoms with Crippen LogP contribution in [0.4, 0.5) is 4.39 Å². The van der Waals surface area contributed by atoms with Crippen LogP contribution in [0.1, 0.15) is 35.0 Å². The zero-order chi connectivity index (χ0) is 16.9. The number of hydrogen-bond donors (Lipinski definition) is 3. The number of imidazole rings is 1. The molecule has 7 nitrogen and oxygen atoms in total. The summed E-state index contributed by atoms with van der Waals surface area (Å²) in [4.78, 5) is 19.2. The fraction of sp³-hybridized carbons (Fsp3) is 0.188. The third kappa shape index (κ3) is 3.78. The van der Waals surface area contributed by atoms with Crippen molar-refractivity contribution in [1.82, 2.24) is 25.5 Å². The molecule has 0 unspecified atom stereocenters. The number of ether oxygens (including phenoxy) is 1. The number of carbonyl (C=O) groups excluding carboxylic acids is 1. The van der Waals surface area contributed by atoms with Crippen LogP contribution in [-0.2, 0) is 6.61 Å². The number of amides is 1. The number of H-pyrrole nitrogens is 2. The highest BCUT2D eigenvalue weighted by Gasteiger charge is 2.15. The fourth-order valence-corrected chi connectivity index (χ4v) is 2.12. The maximum atomic E-state index is 13.1. The van der Waals surface area contributed by atoms with Crippen molar-refractivity contribution in [2.24, 2.45) is 0 Å². The number of halogens is 1. The molecule has 0 radical (unpaired) electrons. The molecule has 3 aromatic rings. The van der Waals surface area contributed by atoms with Crippen LogP contribution in [0, 0.1) is 5.82 Å². The number of nitrogens with zero attached hydrogens (tertiary/aromatic N) is 2. The molecule has 0 aliphatic rings. The molecule has 0 saturated heterocycles. The Labute approximate surface area is 137 Å². The molecule has 2 aromatic heterocycles. The molecule has 1 aromatic carbocycles. The first-order valence-electron chi connectivity index (χ1n) is 7.34. The van der Waals surface area contributed by atoms with Gasteiger partial charge < -0.3 is 15.0 Å². The van der Waals surface area contributed by atoms with Crippen LogP contribution in [0.5, 0.6) is 5.75 Å². The van der Waals surface area contributed by atoms with E-state index >= 15 is 0 Å². The van der Waals surface area contributed by atoms with Gasteiger partial charge in [0.05, 0.1) is 11.7 Å². The zero-order valence-electron chi connectivity index (χ0n) is 12.9. The average molecular weight is 329 g/mol. The smallest absolute Gasteiger partial charge is 0.272 e. The summed E-state index contributed by atoms with van der Waals surface area (Å²) in [6.45, 7) is 1.97. The van der Waals surface area contributed by atoms with Crippen LogP contribution in [0.15, 0.2) is 42.7 Å². The molecule has 1 atom stereocenters. The van der Waals surface area contributed by atoms with Crippen molar-refractivity contribution in [2.75, 3.05) is 0 Å². The summed E-state index contributed by atoms with van der Waals surface area (Å²) >= 11 is 0. The lowest BCUT2D eigenvalue weighted by molar-refractivity contribution is 0.0933. The van der Waals surface area contributed by atoms with E-state index in [0.717, 1.165) is 0 Å². The van der Waals surface area contributed by atoms with Crippen molar-refractivity contribution in [3.8, 4) is 5.75 Å². The van der Waals surface area contributed by atoms with Crippen molar-refractivity contribution < 1.29 is 13.9 Å². The Kier molecular flexibility index (Phi) is 4.55. The van der Waals surface area contributed by atoms with Crippen molar-refractivity contribution in [2.45, 2.75) is 19.6 Å². The number of rotatable bonds is 6. The Morgan fingerprint density at radius 3 is 3.04 bits per heavy atom. The van der Waals surface area contributed by atoms with E-state index in [4.69, 9.17) is 4.74 Å². The highest BCUT2D eigenvalue weighted by molar-refractivity contribution is 5.92. The van der Waals surface area contributed by atoms with Gasteiger partial charge in [-0.2, -0.15) is 5.10 Å². The zero-order valence-corrected chi connectivity index (χ0v) is 12.9. The second kappa shape index (κ2) is 6.95. The molecule has 2 heterocycles. The first kappa shape index (κ1) is 15.7. The second-order valence-corrected chi connectivity index (χ2v) is 5.19. The van der Waals surface area contributed by atoms with Gasteiger partial charge in [0, 0.05) is 18.5 Å². The largest absolute Gasteiger partial charge is 0.487 e. The molecule has 0 spiro atoms. The number of aromatic nitrogens is 4. The third-order valence-electron chi connectivity index (χ3n) is 3.33. The number of aromatic amines is 2. The van der Waals surface area contributed by atoms with Gasteiger partial charge in [-0.05, 0) is 25.1 Å². The van der Waals surface area contributed by atoms with Gasteiger partial charge >= 0.3 is 0 Å². The highest BCUT2D eigenvalue weighted by atomic mass is 19.1. The normalized spacial score (nSPS) is 11.9. The van der Waals surface area contributed by atoms with Gasteiger partial charge in [0.2, 0.25) is 0 Å². The van der Waals surface area contributed by atoms with E-state index in [9.17, 15) is 9.18 Å². The van der Waals surface area contributed by atoms with Gasteiger partial charge in [0.1, 0.15) is 29.7 Å². The maximum absolute atomic E-state index is 13.1. The van der Waals surface area contributed by atoms with Crippen LogP contribution in [-0.4, -0.2) is 26.1 Å². The molecule has 0 saturated carbocycles. The number of benzene rings is 1. The van der Waals surface area contributed by atoms with Crippen LogP contribution in [0.3, 0.4) is 0 Å². The highest BCUT2D eigenvalue weighted by Crippen LogP contribution is 2.14. The van der Waals surface area contributed by atoms with E-state index in [2.05, 4.69) is 25.5 Å². The van der Waals surface area contributed by atoms with Crippen molar-refractivity contribution in [1.29, 1.82) is 0 Å². The number of nitrogens with one attached hydrogen (secondary N) is 3. The van der Waals surface area contributed by atoms with E-state index in [1.54, 1.807) is 30.6 Å². The molecule has 0 bridgehead atoms. The molecular weight excluding hydrogens is 313 g/mol. The molecule has 8 heteroatoms. The molecule has 1 amide bonds. The van der Waals surface area contributed by atoms with E-state index in [-0.39, 0.29) is 30.1 Å². The first-order chi connectivity index (χ1) is 11.6. The Balaban J connectivity index is 1.57. The summed E-state index contributed by atoms with van der Waals surface area (Å²) in [5.41, 5.74) is 0.848. The van der Waals surface area contributed by atoms with Crippen LogP contribution in [0.2, 0.25) is 0 Å². The van der Waals surface area contributed by atoms with Crippen LogP contribution < -0.4 is 10.1 Å². The molecule has 3 rings (SSSR count). The molecule has 0 aliphatic heterocycles. The average Bonchev–Trinajstić information content (AvgIpc) is 3.25. The lowest BCUT2D eigenvalue weighted by Gasteiger charge is -2.09. The Morgan fingerprint density at radius 2 is 2.29 bits per heavy atom. The molecular formula is C16H16FN5O2. The Bertz CT molecular complexity index is 816. The summed E-state index contributed by atoms with van der Waals surface area (Å²) in [5.74, 6) is 0.367. The lowest BCUT2D eigenvalue weighted by Crippen LogP contribution is -2.27. The summed E-state index contributed by atoms with van der Waals surface area (Å²) in [6, 6.07) is 7.16. The van der Waals surface area contributed by atoms with E-state index in [0.29, 0.717) is 17.3 Å². The van der Waals surface area contributed by atoms with Crippen LogP contribution >= 0.6 is 0 Å². The van der Waals surface area contributed by atoms with Crippen molar-refractivity contribution >= 4 is 5.91 Å². The molecule has 0 aliphatic carbocycles.